The highest BCUT2D eigenvalue weighted by Crippen LogP contribution is 2.31. The Labute approximate surface area is 174 Å². The number of benzene rings is 2. The largest absolute Gasteiger partial charge is 0.496 e. The molecule has 3 amide bonds. The summed E-state index contributed by atoms with van der Waals surface area (Å²) in [6.07, 6.45) is 1.84. The van der Waals surface area contributed by atoms with Crippen LogP contribution < -0.4 is 20.7 Å². The number of unbranched alkanes of at least 4 members (excludes halogenated alkanes) is 1. The smallest absolute Gasteiger partial charge is 0.259 e. The molecule has 0 atom stereocenters. The predicted octanol–water partition coefficient (Wildman–Crippen LogP) is 4.09. The average molecular weight is 418 g/mol. The summed E-state index contributed by atoms with van der Waals surface area (Å²) in [6, 6.07) is 9.62. The molecule has 0 aromatic heterocycles. The summed E-state index contributed by atoms with van der Waals surface area (Å²) in [5, 5.41) is 8.34. The summed E-state index contributed by atoms with van der Waals surface area (Å²) in [5.41, 5.74) is 1.24. The van der Waals surface area contributed by atoms with Gasteiger partial charge in [-0.25, -0.2) is 0 Å². The SMILES string of the molecule is CCCCNC(=O)c1ccccc1NC(=O)c1cc(Cl)c(NC(C)=O)cc1OC. The van der Waals surface area contributed by atoms with Gasteiger partial charge in [-0.15, -0.1) is 0 Å². The molecule has 3 N–H and O–H groups in total. The van der Waals surface area contributed by atoms with Crippen molar-refractivity contribution in [2.75, 3.05) is 24.3 Å². The molecule has 2 rings (SSSR count). The first-order valence-electron chi connectivity index (χ1n) is 9.21. The Bertz CT molecular complexity index is 915. The molecule has 7 nitrogen and oxygen atoms in total. The molecule has 154 valence electrons. The van der Waals surface area contributed by atoms with E-state index < -0.39 is 5.91 Å². The van der Waals surface area contributed by atoms with Crippen LogP contribution in [0.2, 0.25) is 5.02 Å². The molecule has 0 aliphatic rings. The zero-order valence-corrected chi connectivity index (χ0v) is 17.4. The Morgan fingerprint density at radius 3 is 2.38 bits per heavy atom. The van der Waals surface area contributed by atoms with E-state index in [-0.39, 0.29) is 28.1 Å². The van der Waals surface area contributed by atoms with Gasteiger partial charge in [0.2, 0.25) is 5.91 Å². The van der Waals surface area contributed by atoms with E-state index in [1.807, 2.05) is 6.92 Å². The fourth-order valence-electron chi connectivity index (χ4n) is 2.64. The van der Waals surface area contributed by atoms with Crippen molar-refractivity contribution < 1.29 is 19.1 Å². The molecule has 0 aliphatic heterocycles. The second-order valence-corrected chi connectivity index (χ2v) is 6.73. The second kappa shape index (κ2) is 10.5. The maximum absolute atomic E-state index is 12.8. The summed E-state index contributed by atoms with van der Waals surface area (Å²) in [5.74, 6) is -0.818. The van der Waals surface area contributed by atoms with Crippen LogP contribution in [0.1, 0.15) is 47.4 Å². The summed E-state index contributed by atoms with van der Waals surface area (Å²) < 4.78 is 5.27. The zero-order chi connectivity index (χ0) is 21.4. The van der Waals surface area contributed by atoms with E-state index in [4.69, 9.17) is 16.3 Å². The number of halogens is 1. The van der Waals surface area contributed by atoms with Gasteiger partial charge in [0, 0.05) is 19.5 Å². The highest BCUT2D eigenvalue weighted by Gasteiger charge is 2.19. The molecule has 8 heteroatoms. The number of amides is 3. The Morgan fingerprint density at radius 2 is 1.72 bits per heavy atom. The van der Waals surface area contributed by atoms with Crippen LogP contribution in [0.3, 0.4) is 0 Å². The number of anilines is 2. The Balaban J connectivity index is 2.28. The highest BCUT2D eigenvalue weighted by molar-refractivity contribution is 6.34. The lowest BCUT2D eigenvalue weighted by atomic mass is 10.1. The van der Waals surface area contributed by atoms with E-state index >= 15 is 0 Å². The minimum absolute atomic E-state index is 0.174. The molecule has 0 unspecified atom stereocenters. The predicted molar refractivity (Wildman–Crippen MR) is 114 cm³/mol. The van der Waals surface area contributed by atoms with Crippen LogP contribution in [0.15, 0.2) is 36.4 Å². The van der Waals surface area contributed by atoms with Crippen LogP contribution in [0, 0.1) is 0 Å². The molecule has 0 radical (unpaired) electrons. The lowest BCUT2D eigenvalue weighted by molar-refractivity contribution is -0.114. The molecule has 0 spiro atoms. The molecule has 2 aromatic rings. The van der Waals surface area contributed by atoms with E-state index in [9.17, 15) is 14.4 Å². The van der Waals surface area contributed by atoms with Gasteiger partial charge >= 0.3 is 0 Å². The molecule has 2 aromatic carbocycles. The quantitative estimate of drug-likeness (QED) is 0.563. The normalized spacial score (nSPS) is 10.2. The maximum atomic E-state index is 12.8. The minimum atomic E-state index is -0.494. The first-order chi connectivity index (χ1) is 13.9. The Hall–Kier alpha value is -3.06. The van der Waals surface area contributed by atoms with Gasteiger partial charge in [0.05, 0.1) is 34.6 Å². The Morgan fingerprint density at radius 1 is 1.00 bits per heavy atom. The summed E-state index contributed by atoms with van der Waals surface area (Å²) >= 11 is 6.19. The molecular weight excluding hydrogens is 394 g/mol. The van der Waals surface area contributed by atoms with E-state index in [1.165, 1.54) is 26.2 Å². The van der Waals surface area contributed by atoms with Crippen LogP contribution in [-0.4, -0.2) is 31.4 Å². The summed E-state index contributed by atoms with van der Waals surface area (Å²) in [7, 11) is 1.41. The fraction of sp³-hybridized carbons (Fsp3) is 0.286. The standard InChI is InChI=1S/C21H24ClN3O4/c1-4-5-10-23-20(27)14-8-6-7-9-17(14)25-21(28)15-11-16(22)18(24-13(2)26)12-19(15)29-3/h6-9,11-12H,4-5,10H2,1-3H3,(H,23,27)(H,24,26)(H,25,28). The molecule has 0 heterocycles. The number of hydrogen-bond donors (Lipinski definition) is 3. The van der Waals surface area contributed by atoms with Gasteiger partial charge in [0.25, 0.3) is 11.8 Å². The molecule has 0 fully saturated rings. The molecule has 0 bridgehead atoms. The monoisotopic (exact) mass is 417 g/mol. The van der Waals surface area contributed by atoms with Crippen molar-refractivity contribution in [3.63, 3.8) is 0 Å². The van der Waals surface area contributed by atoms with Crippen LogP contribution >= 0.6 is 11.6 Å². The number of para-hydroxylation sites is 1. The van der Waals surface area contributed by atoms with Gasteiger partial charge in [0.1, 0.15) is 5.75 Å². The number of methoxy groups -OCH3 is 1. The molecule has 29 heavy (non-hydrogen) atoms. The zero-order valence-electron chi connectivity index (χ0n) is 16.6. The van der Waals surface area contributed by atoms with Crippen molar-refractivity contribution in [1.82, 2.24) is 5.32 Å². The molecule has 0 saturated carbocycles. The van der Waals surface area contributed by atoms with Crippen molar-refractivity contribution in [3.05, 3.63) is 52.5 Å². The minimum Gasteiger partial charge on any atom is -0.496 e. The lowest BCUT2D eigenvalue weighted by Gasteiger charge is -2.15. The van der Waals surface area contributed by atoms with Crippen molar-refractivity contribution in [1.29, 1.82) is 0 Å². The topological polar surface area (TPSA) is 96.5 Å². The fourth-order valence-corrected chi connectivity index (χ4v) is 2.85. The van der Waals surface area contributed by atoms with Crippen LogP contribution in [0.4, 0.5) is 11.4 Å². The van der Waals surface area contributed by atoms with Gasteiger partial charge in [-0.05, 0) is 24.6 Å². The van der Waals surface area contributed by atoms with Crippen molar-refractivity contribution in [3.8, 4) is 5.75 Å². The molecule has 0 aliphatic carbocycles. The van der Waals surface area contributed by atoms with Crippen LogP contribution in [-0.2, 0) is 4.79 Å². The lowest BCUT2D eigenvalue weighted by Crippen LogP contribution is -2.26. The van der Waals surface area contributed by atoms with Gasteiger partial charge < -0.3 is 20.7 Å². The number of rotatable bonds is 8. The van der Waals surface area contributed by atoms with Crippen LogP contribution in [0.25, 0.3) is 0 Å². The van der Waals surface area contributed by atoms with Gasteiger partial charge in [-0.3, -0.25) is 14.4 Å². The summed E-state index contributed by atoms with van der Waals surface area (Å²) in [6.45, 7) is 3.95. The van der Waals surface area contributed by atoms with E-state index in [1.54, 1.807) is 24.3 Å². The third kappa shape index (κ3) is 5.96. The molecule has 0 saturated heterocycles. The average Bonchev–Trinajstić information content (AvgIpc) is 2.69. The number of carbonyl (C=O) groups is 3. The summed E-state index contributed by atoms with van der Waals surface area (Å²) in [4.78, 5) is 36.6. The second-order valence-electron chi connectivity index (χ2n) is 6.32. The van der Waals surface area contributed by atoms with Crippen LogP contribution in [0.5, 0.6) is 5.75 Å². The first kappa shape index (κ1) is 22.2. The number of nitrogens with one attached hydrogen (secondary N) is 3. The number of hydrogen-bond acceptors (Lipinski definition) is 4. The van der Waals surface area contributed by atoms with E-state index in [0.717, 1.165) is 12.8 Å². The Kier molecular flexibility index (Phi) is 8.03. The van der Waals surface area contributed by atoms with Crippen molar-refractivity contribution in [2.24, 2.45) is 0 Å². The maximum Gasteiger partial charge on any atom is 0.259 e. The third-order valence-electron chi connectivity index (χ3n) is 4.08. The first-order valence-corrected chi connectivity index (χ1v) is 9.58. The van der Waals surface area contributed by atoms with Gasteiger partial charge in [-0.1, -0.05) is 37.1 Å². The number of ether oxygens (including phenoxy) is 1. The molecular formula is C21H24ClN3O4. The van der Waals surface area contributed by atoms with Gasteiger partial charge in [0.15, 0.2) is 0 Å². The van der Waals surface area contributed by atoms with Crippen molar-refractivity contribution in [2.45, 2.75) is 26.7 Å². The highest BCUT2D eigenvalue weighted by atomic mass is 35.5. The third-order valence-corrected chi connectivity index (χ3v) is 4.39. The van der Waals surface area contributed by atoms with Gasteiger partial charge in [-0.2, -0.15) is 0 Å². The number of carbonyl (C=O) groups excluding carboxylic acids is 3. The van der Waals surface area contributed by atoms with E-state index in [0.29, 0.717) is 23.5 Å². The van der Waals surface area contributed by atoms with Crippen molar-refractivity contribution >= 4 is 40.7 Å². The van der Waals surface area contributed by atoms with E-state index in [2.05, 4.69) is 16.0 Å².